The molecule has 11 heteroatoms. The molecule has 1 atom stereocenters. The first kappa shape index (κ1) is 24.9. The topological polar surface area (TPSA) is 85.7 Å². The molecule has 0 unspecified atom stereocenters. The number of ether oxygens (including phenoxy) is 2. The van der Waals surface area contributed by atoms with E-state index < -0.39 is 30.5 Å². The quantitative estimate of drug-likeness (QED) is 0.567. The van der Waals surface area contributed by atoms with E-state index in [2.05, 4.69) is 14.9 Å². The van der Waals surface area contributed by atoms with E-state index in [0.29, 0.717) is 24.3 Å². The van der Waals surface area contributed by atoms with Gasteiger partial charge in [0.05, 0.1) is 31.2 Å². The number of carbonyl (C=O) groups excluding carboxylic acids is 2. The molecule has 2 aliphatic rings. The SMILES string of the molecule is CCOC(=O)C[C@@H]1Cc2ccc(OCCc3cn4c(n3)NCCC4)cc2CN(CC(F)(F)F)C1=O. The third-order valence-electron chi connectivity index (χ3n) is 6.07. The van der Waals surface area contributed by atoms with Gasteiger partial charge in [-0.1, -0.05) is 6.07 Å². The summed E-state index contributed by atoms with van der Waals surface area (Å²) < 4.78 is 52.5. The van der Waals surface area contributed by atoms with Crippen LogP contribution in [-0.4, -0.2) is 58.8 Å². The van der Waals surface area contributed by atoms with Gasteiger partial charge in [-0.2, -0.15) is 13.2 Å². The number of imidazole rings is 1. The van der Waals surface area contributed by atoms with Crippen molar-refractivity contribution in [1.29, 1.82) is 0 Å². The predicted molar refractivity (Wildman–Crippen MR) is 121 cm³/mol. The molecule has 4 rings (SSSR count). The van der Waals surface area contributed by atoms with Crippen LogP contribution < -0.4 is 10.1 Å². The number of alkyl halides is 3. The number of rotatable bonds is 8. The number of halogens is 3. The van der Waals surface area contributed by atoms with Gasteiger partial charge >= 0.3 is 12.1 Å². The van der Waals surface area contributed by atoms with Gasteiger partial charge in [0.2, 0.25) is 11.9 Å². The zero-order valence-electron chi connectivity index (χ0n) is 19.6. The summed E-state index contributed by atoms with van der Waals surface area (Å²) >= 11 is 0. The Morgan fingerprint density at radius 3 is 2.86 bits per heavy atom. The molecule has 0 bridgehead atoms. The molecule has 1 aromatic carbocycles. The fourth-order valence-electron chi connectivity index (χ4n) is 4.49. The molecule has 0 spiro atoms. The Balaban J connectivity index is 1.46. The van der Waals surface area contributed by atoms with E-state index in [0.717, 1.165) is 41.6 Å². The Bertz CT molecular complexity index is 1050. The molecule has 0 saturated heterocycles. The minimum absolute atomic E-state index is 0.140. The van der Waals surface area contributed by atoms with Crippen LogP contribution >= 0.6 is 0 Å². The second-order valence-electron chi connectivity index (χ2n) is 8.78. The molecule has 35 heavy (non-hydrogen) atoms. The lowest BCUT2D eigenvalue weighted by molar-refractivity contribution is -0.165. The molecule has 8 nitrogen and oxygen atoms in total. The van der Waals surface area contributed by atoms with Crippen molar-refractivity contribution in [3.05, 3.63) is 41.2 Å². The van der Waals surface area contributed by atoms with Crippen LogP contribution in [0.15, 0.2) is 24.4 Å². The van der Waals surface area contributed by atoms with E-state index in [-0.39, 0.29) is 26.0 Å². The lowest BCUT2D eigenvalue weighted by Gasteiger charge is -2.25. The average Bonchev–Trinajstić information content (AvgIpc) is 3.16. The molecule has 3 heterocycles. The molecule has 1 N–H and O–H groups in total. The van der Waals surface area contributed by atoms with Crippen molar-refractivity contribution in [2.45, 2.75) is 51.9 Å². The van der Waals surface area contributed by atoms with Crippen LogP contribution in [0.4, 0.5) is 19.1 Å². The standard InChI is InChI=1S/C24H29F3N4O4/c1-2-34-21(32)12-17-10-16-4-5-20(11-18(16)13-31(22(17)33)15-24(25,26)27)35-9-6-19-14-30-8-3-7-28-23(30)29-19/h4-5,11,14,17H,2-3,6-10,12-13,15H2,1H3,(H,28,29)/t17-/m0/s1. The first-order valence-electron chi connectivity index (χ1n) is 11.8. The predicted octanol–water partition coefficient (Wildman–Crippen LogP) is 3.34. The summed E-state index contributed by atoms with van der Waals surface area (Å²) in [5.41, 5.74) is 2.19. The minimum atomic E-state index is -4.55. The molecule has 1 aromatic heterocycles. The summed E-state index contributed by atoms with van der Waals surface area (Å²) in [6.45, 7) is 2.37. The first-order valence-corrected chi connectivity index (χ1v) is 11.8. The zero-order valence-corrected chi connectivity index (χ0v) is 19.6. The highest BCUT2D eigenvalue weighted by Gasteiger charge is 2.38. The van der Waals surface area contributed by atoms with Crippen LogP contribution in [0.1, 0.15) is 36.6 Å². The van der Waals surface area contributed by atoms with Crippen LogP contribution in [0.5, 0.6) is 5.75 Å². The van der Waals surface area contributed by atoms with Gasteiger partial charge in [0, 0.05) is 32.3 Å². The van der Waals surface area contributed by atoms with Crippen LogP contribution in [-0.2, 0) is 40.3 Å². The van der Waals surface area contributed by atoms with Crippen molar-refractivity contribution in [2.24, 2.45) is 5.92 Å². The maximum atomic E-state index is 13.2. The van der Waals surface area contributed by atoms with E-state index in [1.807, 2.05) is 6.20 Å². The van der Waals surface area contributed by atoms with Crippen LogP contribution in [0.2, 0.25) is 0 Å². The van der Waals surface area contributed by atoms with Crippen LogP contribution in [0.3, 0.4) is 0 Å². The Labute approximate surface area is 201 Å². The number of amides is 1. The smallest absolute Gasteiger partial charge is 0.406 e. The van der Waals surface area contributed by atoms with E-state index in [1.165, 1.54) is 0 Å². The number of nitrogens with one attached hydrogen (secondary N) is 1. The number of carbonyl (C=O) groups is 2. The molecule has 1 amide bonds. The minimum Gasteiger partial charge on any atom is -0.493 e. The fraction of sp³-hybridized carbons (Fsp3) is 0.542. The Kier molecular flexibility index (Phi) is 7.51. The highest BCUT2D eigenvalue weighted by atomic mass is 19.4. The van der Waals surface area contributed by atoms with E-state index in [4.69, 9.17) is 9.47 Å². The fourth-order valence-corrected chi connectivity index (χ4v) is 4.49. The lowest BCUT2D eigenvalue weighted by Crippen LogP contribution is -2.41. The summed E-state index contributed by atoms with van der Waals surface area (Å²) in [5, 5.41) is 3.25. The van der Waals surface area contributed by atoms with Crippen LogP contribution in [0.25, 0.3) is 0 Å². The van der Waals surface area contributed by atoms with Crippen molar-refractivity contribution in [3.63, 3.8) is 0 Å². The summed E-state index contributed by atoms with van der Waals surface area (Å²) in [6.07, 6.45) is -1.04. The van der Waals surface area contributed by atoms with Crippen molar-refractivity contribution >= 4 is 17.8 Å². The van der Waals surface area contributed by atoms with E-state index >= 15 is 0 Å². The molecule has 190 valence electrons. The van der Waals surface area contributed by atoms with Crippen LogP contribution in [0, 0.1) is 5.92 Å². The maximum absolute atomic E-state index is 13.2. The number of aryl methyl sites for hydroxylation is 1. The van der Waals surface area contributed by atoms with Gasteiger partial charge in [-0.15, -0.1) is 0 Å². The number of hydrogen-bond donors (Lipinski definition) is 1. The van der Waals surface area contributed by atoms with Gasteiger partial charge in [0.25, 0.3) is 0 Å². The van der Waals surface area contributed by atoms with Gasteiger partial charge in [-0.25, -0.2) is 4.98 Å². The van der Waals surface area contributed by atoms with Crippen molar-refractivity contribution in [1.82, 2.24) is 14.5 Å². The van der Waals surface area contributed by atoms with Gasteiger partial charge in [0.15, 0.2) is 0 Å². The Morgan fingerprint density at radius 1 is 1.29 bits per heavy atom. The second kappa shape index (κ2) is 10.6. The molecule has 0 saturated carbocycles. The third kappa shape index (κ3) is 6.46. The lowest BCUT2D eigenvalue weighted by atomic mass is 9.94. The summed E-state index contributed by atoms with van der Waals surface area (Å²) in [5.74, 6) is -0.856. The maximum Gasteiger partial charge on any atom is 0.406 e. The number of hydrogen-bond acceptors (Lipinski definition) is 6. The summed E-state index contributed by atoms with van der Waals surface area (Å²) in [4.78, 5) is 30.2. The van der Waals surface area contributed by atoms with Gasteiger partial charge < -0.3 is 24.3 Å². The molecular formula is C24H29F3N4O4. The van der Waals surface area contributed by atoms with Crippen molar-refractivity contribution in [2.75, 3.05) is 31.6 Å². The molecule has 0 radical (unpaired) electrons. The van der Waals surface area contributed by atoms with Crippen molar-refractivity contribution < 1.29 is 32.2 Å². The summed E-state index contributed by atoms with van der Waals surface area (Å²) in [6, 6.07) is 5.18. The number of aromatic nitrogens is 2. The van der Waals surface area contributed by atoms with Crippen molar-refractivity contribution in [3.8, 4) is 5.75 Å². The Hall–Kier alpha value is -3.24. The second-order valence-corrected chi connectivity index (χ2v) is 8.78. The largest absolute Gasteiger partial charge is 0.493 e. The Morgan fingerprint density at radius 2 is 2.11 bits per heavy atom. The monoisotopic (exact) mass is 494 g/mol. The average molecular weight is 495 g/mol. The normalized spacial score (nSPS) is 17.8. The summed E-state index contributed by atoms with van der Waals surface area (Å²) in [7, 11) is 0. The number of benzene rings is 1. The molecule has 0 fully saturated rings. The zero-order chi connectivity index (χ0) is 25.0. The highest BCUT2D eigenvalue weighted by Crippen LogP contribution is 2.30. The third-order valence-corrected chi connectivity index (χ3v) is 6.07. The molecular weight excluding hydrogens is 465 g/mol. The van der Waals surface area contributed by atoms with Gasteiger partial charge in [-0.05, 0) is 43.0 Å². The van der Waals surface area contributed by atoms with Gasteiger partial charge in [0.1, 0.15) is 12.3 Å². The van der Waals surface area contributed by atoms with Gasteiger partial charge in [-0.3, -0.25) is 9.59 Å². The first-order chi connectivity index (χ1) is 16.7. The van der Waals surface area contributed by atoms with E-state index in [1.54, 1.807) is 25.1 Å². The molecule has 0 aliphatic carbocycles. The number of esters is 1. The van der Waals surface area contributed by atoms with E-state index in [9.17, 15) is 22.8 Å². The highest BCUT2D eigenvalue weighted by molar-refractivity contribution is 5.84. The molecule has 2 aliphatic heterocycles. The number of anilines is 1. The number of fused-ring (bicyclic) bond motifs is 2. The number of nitrogens with zero attached hydrogens (tertiary/aromatic N) is 3. The molecule has 2 aromatic rings.